The number of carbonyl (C=O) groups excluding carboxylic acids is 1. The number of nitrogens with one attached hydrogen (secondary N) is 2. The van der Waals surface area contributed by atoms with Gasteiger partial charge in [0.05, 0.1) is 12.5 Å². The summed E-state index contributed by atoms with van der Waals surface area (Å²) in [5, 5.41) is 11.8. The van der Waals surface area contributed by atoms with Crippen LogP contribution in [0, 0.1) is 13.8 Å². The van der Waals surface area contributed by atoms with Crippen LogP contribution < -0.4 is 11.0 Å². The molecule has 0 saturated carbocycles. The zero-order valence-corrected chi connectivity index (χ0v) is 10.9. The molecule has 100 valence electrons. The molecule has 1 heterocycles. The van der Waals surface area contributed by atoms with E-state index in [0.29, 0.717) is 24.4 Å². The van der Waals surface area contributed by atoms with E-state index in [0.717, 1.165) is 5.56 Å². The van der Waals surface area contributed by atoms with Crippen LogP contribution in [0.3, 0.4) is 0 Å². The fourth-order valence-electron chi connectivity index (χ4n) is 1.66. The largest absolute Gasteiger partial charge is 0.393 e. The number of H-pyrrole nitrogens is 1. The maximum atomic E-state index is 11.7. The van der Waals surface area contributed by atoms with Crippen LogP contribution >= 0.6 is 0 Å². The molecule has 0 aliphatic carbocycles. The number of nitrogens with zero attached hydrogens (tertiary/aromatic N) is 1. The molecule has 3 N–H and O–H groups in total. The number of aromatic amines is 1. The molecular formula is C12H19N3O3. The number of hydrogen-bond donors (Lipinski definition) is 3. The molecule has 1 unspecified atom stereocenters. The molecule has 0 aliphatic heterocycles. The number of rotatable bonds is 5. The van der Waals surface area contributed by atoms with E-state index >= 15 is 0 Å². The SMILES string of the molecule is Cc1nc(=O)[nH]c(C)c1CC(=O)NCCC(C)O. The number of aryl methyl sites for hydroxylation is 2. The lowest BCUT2D eigenvalue weighted by Crippen LogP contribution is -2.29. The third-order valence-electron chi connectivity index (χ3n) is 2.67. The number of amides is 1. The highest BCUT2D eigenvalue weighted by Gasteiger charge is 2.10. The van der Waals surface area contributed by atoms with E-state index in [1.807, 2.05) is 0 Å². The van der Waals surface area contributed by atoms with E-state index in [1.165, 1.54) is 0 Å². The second-order valence-corrected chi connectivity index (χ2v) is 4.40. The molecule has 0 aromatic carbocycles. The normalized spacial score (nSPS) is 12.2. The van der Waals surface area contributed by atoms with Crippen molar-refractivity contribution in [1.82, 2.24) is 15.3 Å². The van der Waals surface area contributed by atoms with Crippen LogP contribution in [0.1, 0.15) is 30.3 Å². The van der Waals surface area contributed by atoms with Gasteiger partial charge >= 0.3 is 5.69 Å². The molecule has 18 heavy (non-hydrogen) atoms. The van der Waals surface area contributed by atoms with Gasteiger partial charge in [0.25, 0.3) is 0 Å². The van der Waals surface area contributed by atoms with E-state index in [-0.39, 0.29) is 12.3 Å². The molecule has 0 fully saturated rings. The van der Waals surface area contributed by atoms with Crippen molar-refractivity contribution in [2.75, 3.05) is 6.54 Å². The molecule has 6 nitrogen and oxygen atoms in total. The summed E-state index contributed by atoms with van der Waals surface area (Å²) >= 11 is 0. The first-order valence-corrected chi connectivity index (χ1v) is 5.91. The Morgan fingerprint density at radius 3 is 2.72 bits per heavy atom. The van der Waals surface area contributed by atoms with Crippen molar-refractivity contribution in [2.45, 2.75) is 39.7 Å². The molecule has 0 spiro atoms. The Labute approximate surface area is 105 Å². The lowest BCUT2D eigenvalue weighted by atomic mass is 10.1. The van der Waals surface area contributed by atoms with E-state index < -0.39 is 11.8 Å². The lowest BCUT2D eigenvalue weighted by Gasteiger charge is -2.09. The minimum Gasteiger partial charge on any atom is -0.393 e. The van der Waals surface area contributed by atoms with Crippen LogP contribution in [-0.4, -0.2) is 33.6 Å². The van der Waals surface area contributed by atoms with Gasteiger partial charge in [0.2, 0.25) is 5.91 Å². The van der Waals surface area contributed by atoms with Gasteiger partial charge in [-0.15, -0.1) is 0 Å². The van der Waals surface area contributed by atoms with Gasteiger partial charge in [-0.05, 0) is 27.2 Å². The van der Waals surface area contributed by atoms with Crippen LogP contribution in [-0.2, 0) is 11.2 Å². The molecule has 6 heteroatoms. The number of aliphatic hydroxyl groups is 1. The lowest BCUT2D eigenvalue weighted by molar-refractivity contribution is -0.120. The summed E-state index contributed by atoms with van der Waals surface area (Å²) in [7, 11) is 0. The maximum Gasteiger partial charge on any atom is 0.345 e. The van der Waals surface area contributed by atoms with Gasteiger partial charge in [0.15, 0.2) is 0 Å². The Balaban J connectivity index is 2.62. The van der Waals surface area contributed by atoms with Gasteiger partial charge in [-0.2, -0.15) is 4.98 Å². The Bertz CT molecular complexity index is 454. The predicted molar refractivity (Wildman–Crippen MR) is 67.3 cm³/mol. The molecule has 0 radical (unpaired) electrons. The van der Waals surface area contributed by atoms with Crippen molar-refractivity contribution >= 4 is 5.91 Å². The van der Waals surface area contributed by atoms with Crippen molar-refractivity contribution in [3.05, 3.63) is 27.4 Å². The molecule has 1 atom stereocenters. The first kappa shape index (κ1) is 14.4. The summed E-state index contributed by atoms with van der Waals surface area (Å²) in [5.74, 6) is -0.143. The summed E-state index contributed by atoms with van der Waals surface area (Å²) in [6, 6.07) is 0. The highest BCUT2D eigenvalue weighted by Crippen LogP contribution is 2.07. The third kappa shape index (κ3) is 4.29. The minimum atomic E-state index is -0.427. The Kier molecular flexibility index (Phi) is 5.03. The van der Waals surface area contributed by atoms with Gasteiger partial charge in [-0.1, -0.05) is 0 Å². The summed E-state index contributed by atoms with van der Waals surface area (Å²) < 4.78 is 0. The predicted octanol–water partition coefficient (Wildman–Crippen LogP) is -0.184. The number of carbonyl (C=O) groups is 1. The van der Waals surface area contributed by atoms with Crippen LogP contribution in [0.2, 0.25) is 0 Å². The maximum absolute atomic E-state index is 11.7. The number of aliphatic hydroxyl groups excluding tert-OH is 1. The fraction of sp³-hybridized carbons (Fsp3) is 0.583. The van der Waals surface area contributed by atoms with E-state index in [9.17, 15) is 9.59 Å². The summed E-state index contributed by atoms with van der Waals surface area (Å²) in [6.45, 7) is 5.56. The van der Waals surface area contributed by atoms with Crippen LogP contribution in [0.5, 0.6) is 0 Å². The van der Waals surface area contributed by atoms with E-state index in [4.69, 9.17) is 5.11 Å². The second-order valence-electron chi connectivity index (χ2n) is 4.40. The second kappa shape index (κ2) is 6.30. The molecule has 0 bridgehead atoms. The smallest absolute Gasteiger partial charge is 0.345 e. The molecule has 1 aromatic heterocycles. The van der Waals surface area contributed by atoms with Crippen molar-refractivity contribution in [3.8, 4) is 0 Å². The van der Waals surface area contributed by atoms with E-state index in [1.54, 1.807) is 20.8 Å². The van der Waals surface area contributed by atoms with Crippen molar-refractivity contribution in [3.63, 3.8) is 0 Å². The van der Waals surface area contributed by atoms with Crippen molar-refractivity contribution in [1.29, 1.82) is 0 Å². The standard InChI is InChI=1S/C12H19N3O3/c1-7(16)4-5-13-11(17)6-10-8(2)14-12(18)15-9(10)3/h7,16H,4-6H2,1-3H3,(H,13,17)(H,14,15,18). The van der Waals surface area contributed by atoms with Gasteiger partial charge in [0, 0.05) is 23.5 Å². The molecule has 0 aliphatic rings. The Hall–Kier alpha value is -1.69. The molecular weight excluding hydrogens is 234 g/mol. The van der Waals surface area contributed by atoms with Crippen molar-refractivity contribution < 1.29 is 9.90 Å². The average Bonchev–Trinajstić information content (AvgIpc) is 2.22. The van der Waals surface area contributed by atoms with Gasteiger partial charge in [0.1, 0.15) is 0 Å². The number of hydrogen-bond acceptors (Lipinski definition) is 4. The molecule has 1 aromatic rings. The Morgan fingerprint density at radius 2 is 2.17 bits per heavy atom. The van der Waals surface area contributed by atoms with Crippen LogP contribution in [0.25, 0.3) is 0 Å². The molecule has 1 rings (SSSR count). The van der Waals surface area contributed by atoms with Gasteiger partial charge in [-0.25, -0.2) is 4.79 Å². The Morgan fingerprint density at radius 1 is 1.50 bits per heavy atom. The zero-order valence-electron chi connectivity index (χ0n) is 10.9. The quantitative estimate of drug-likeness (QED) is 0.678. The third-order valence-corrected chi connectivity index (χ3v) is 2.67. The van der Waals surface area contributed by atoms with E-state index in [2.05, 4.69) is 15.3 Å². The summed E-state index contributed by atoms with van der Waals surface area (Å²) in [4.78, 5) is 29.1. The average molecular weight is 253 g/mol. The summed E-state index contributed by atoms with van der Waals surface area (Å²) in [5.41, 5.74) is 1.58. The van der Waals surface area contributed by atoms with Crippen LogP contribution in [0.15, 0.2) is 4.79 Å². The molecule has 0 saturated heterocycles. The summed E-state index contributed by atoms with van der Waals surface area (Å²) in [6.07, 6.45) is 0.276. The van der Waals surface area contributed by atoms with Gasteiger partial charge in [-0.3, -0.25) is 4.79 Å². The molecule has 1 amide bonds. The fourth-order valence-corrected chi connectivity index (χ4v) is 1.66. The van der Waals surface area contributed by atoms with Crippen molar-refractivity contribution in [2.24, 2.45) is 0 Å². The topological polar surface area (TPSA) is 95.1 Å². The number of aromatic nitrogens is 2. The minimum absolute atomic E-state index is 0.143. The first-order valence-electron chi connectivity index (χ1n) is 5.91. The highest BCUT2D eigenvalue weighted by atomic mass is 16.3. The first-order chi connectivity index (χ1) is 8.40. The van der Waals surface area contributed by atoms with Crippen LogP contribution in [0.4, 0.5) is 0 Å². The zero-order chi connectivity index (χ0) is 13.7. The van der Waals surface area contributed by atoms with Gasteiger partial charge < -0.3 is 15.4 Å². The monoisotopic (exact) mass is 253 g/mol. The highest BCUT2D eigenvalue weighted by molar-refractivity contribution is 5.78.